The predicted octanol–water partition coefficient (Wildman–Crippen LogP) is -0.105. The number of hydrogen-bond donors (Lipinski definition) is 2. The highest BCUT2D eigenvalue weighted by Crippen LogP contribution is 2.54. The van der Waals surface area contributed by atoms with Gasteiger partial charge in [0.2, 0.25) is 11.8 Å². The number of likely N-dealkylation sites (N-methyl/N-ethyl adjacent to an activating group) is 1. The molecule has 2 saturated carbocycles. The first-order valence-electron chi connectivity index (χ1n) is 5.19. The molecule has 0 heterocycles. The van der Waals surface area contributed by atoms with E-state index in [1.54, 1.807) is 7.05 Å². The number of fused-ring (bicyclic) bond motifs is 1. The Kier molecular flexibility index (Phi) is 2.44. The summed E-state index contributed by atoms with van der Waals surface area (Å²) >= 11 is 0. The second kappa shape index (κ2) is 3.59. The minimum absolute atomic E-state index is 0.0563. The minimum atomic E-state index is -0.137. The summed E-state index contributed by atoms with van der Waals surface area (Å²) in [5.74, 6) is 1.71. The zero-order valence-corrected chi connectivity index (χ0v) is 8.38. The maximum absolute atomic E-state index is 11.5. The van der Waals surface area contributed by atoms with Gasteiger partial charge in [-0.1, -0.05) is 0 Å². The Morgan fingerprint density at radius 1 is 1.21 bits per heavy atom. The molecule has 4 heteroatoms. The van der Waals surface area contributed by atoms with E-state index in [4.69, 9.17) is 0 Å². The van der Waals surface area contributed by atoms with Crippen molar-refractivity contribution < 1.29 is 9.59 Å². The van der Waals surface area contributed by atoms with Crippen molar-refractivity contribution in [2.24, 2.45) is 17.8 Å². The molecule has 2 fully saturated rings. The van der Waals surface area contributed by atoms with Crippen LogP contribution in [0.25, 0.3) is 0 Å². The second-order valence-corrected chi connectivity index (χ2v) is 4.32. The van der Waals surface area contributed by atoms with Gasteiger partial charge in [-0.3, -0.25) is 9.59 Å². The lowest BCUT2D eigenvalue weighted by molar-refractivity contribution is -0.128. The van der Waals surface area contributed by atoms with Gasteiger partial charge in [0.25, 0.3) is 0 Å². The lowest BCUT2D eigenvalue weighted by Crippen LogP contribution is -2.38. The van der Waals surface area contributed by atoms with Crippen molar-refractivity contribution in [3.8, 4) is 0 Å². The van der Waals surface area contributed by atoms with E-state index in [-0.39, 0.29) is 24.3 Å². The molecular weight excluding hydrogens is 180 g/mol. The summed E-state index contributed by atoms with van der Waals surface area (Å²) in [4.78, 5) is 22.4. The van der Waals surface area contributed by atoms with Gasteiger partial charge in [-0.2, -0.15) is 0 Å². The quantitative estimate of drug-likeness (QED) is 0.662. The predicted molar refractivity (Wildman–Crippen MR) is 51.4 cm³/mol. The fourth-order valence-corrected chi connectivity index (χ4v) is 2.33. The Morgan fingerprint density at radius 2 is 1.86 bits per heavy atom. The van der Waals surface area contributed by atoms with E-state index in [1.807, 2.05) is 0 Å². The minimum Gasteiger partial charge on any atom is -0.358 e. The van der Waals surface area contributed by atoms with Crippen molar-refractivity contribution >= 4 is 11.8 Å². The Hall–Kier alpha value is -1.06. The Bertz CT molecular complexity index is 255. The SMILES string of the molecule is CNC(=O)CNC(=O)C1CC2CC2C1. The first-order valence-corrected chi connectivity index (χ1v) is 5.19. The molecule has 0 saturated heterocycles. The van der Waals surface area contributed by atoms with Crippen LogP contribution in [-0.4, -0.2) is 25.4 Å². The molecule has 2 aliphatic carbocycles. The lowest BCUT2D eigenvalue weighted by Gasteiger charge is -2.11. The molecule has 2 N–H and O–H groups in total. The summed E-state index contributed by atoms with van der Waals surface area (Å²) < 4.78 is 0. The topological polar surface area (TPSA) is 58.2 Å². The highest BCUT2D eigenvalue weighted by molar-refractivity contribution is 5.85. The van der Waals surface area contributed by atoms with Crippen LogP contribution in [0.4, 0.5) is 0 Å². The number of rotatable bonds is 3. The standard InChI is InChI=1S/C10H16N2O2/c1-11-9(13)5-12-10(14)8-3-6-2-7(6)4-8/h6-8H,2-5H2,1H3,(H,11,13)(H,12,14). The first kappa shape index (κ1) is 9.49. The maximum Gasteiger partial charge on any atom is 0.239 e. The van der Waals surface area contributed by atoms with Gasteiger partial charge in [-0.15, -0.1) is 0 Å². The molecule has 0 aromatic heterocycles. The number of amides is 2. The van der Waals surface area contributed by atoms with Crippen LogP contribution in [0.2, 0.25) is 0 Å². The third kappa shape index (κ3) is 1.89. The van der Waals surface area contributed by atoms with Gasteiger partial charge in [0.05, 0.1) is 6.54 Å². The van der Waals surface area contributed by atoms with Crippen molar-refractivity contribution in [2.75, 3.05) is 13.6 Å². The van der Waals surface area contributed by atoms with E-state index >= 15 is 0 Å². The van der Waals surface area contributed by atoms with E-state index in [9.17, 15) is 9.59 Å². The van der Waals surface area contributed by atoms with Crippen LogP contribution in [0.5, 0.6) is 0 Å². The summed E-state index contributed by atoms with van der Waals surface area (Å²) in [6.07, 6.45) is 3.38. The molecule has 0 aromatic rings. The summed E-state index contributed by atoms with van der Waals surface area (Å²) in [5, 5.41) is 5.14. The molecule has 2 atom stereocenters. The molecule has 14 heavy (non-hydrogen) atoms. The summed E-state index contributed by atoms with van der Waals surface area (Å²) in [7, 11) is 1.57. The lowest BCUT2D eigenvalue weighted by atomic mass is 10.0. The molecule has 0 aromatic carbocycles. The van der Waals surface area contributed by atoms with Crippen LogP contribution >= 0.6 is 0 Å². The van der Waals surface area contributed by atoms with Crippen molar-refractivity contribution in [2.45, 2.75) is 19.3 Å². The van der Waals surface area contributed by atoms with E-state index < -0.39 is 0 Å². The normalized spacial score (nSPS) is 33.4. The van der Waals surface area contributed by atoms with Crippen molar-refractivity contribution in [1.82, 2.24) is 10.6 Å². The molecule has 0 spiro atoms. The van der Waals surface area contributed by atoms with Crippen molar-refractivity contribution in [3.63, 3.8) is 0 Å². The van der Waals surface area contributed by atoms with Crippen LogP contribution in [0.1, 0.15) is 19.3 Å². The zero-order valence-electron chi connectivity index (χ0n) is 8.38. The third-order valence-electron chi connectivity index (χ3n) is 3.32. The Balaban J connectivity index is 1.70. The third-order valence-corrected chi connectivity index (χ3v) is 3.32. The average molecular weight is 196 g/mol. The molecule has 2 amide bonds. The van der Waals surface area contributed by atoms with Gasteiger partial charge < -0.3 is 10.6 Å². The van der Waals surface area contributed by atoms with Gasteiger partial charge in [-0.05, 0) is 31.1 Å². The number of carbonyl (C=O) groups excluding carboxylic acids is 2. The van der Waals surface area contributed by atoms with Crippen LogP contribution in [0.3, 0.4) is 0 Å². The van der Waals surface area contributed by atoms with E-state index in [2.05, 4.69) is 10.6 Å². The van der Waals surface area contributed by atoms with E-state index in [0.717, 1.165) is 24.7 Å². The van der Waals surface area contributed by atoms with Gasteiger partial charge in [-0.25, -0.2) is 0 Å². The molecule has 78 valence electrons. The van der Waals surface area contributed by atoms with Crippen LogP contribution in [-0.2, 0) is 9.59 Å². The monoisotopic (exact) mass is 196 g/mol. The summed E-state index contributed by atoms with van der Waals surface area (Å²) in [6, 6.07) is 0. The molecule has 2 aliphatic rings. The molecule has 0 bridgehead atoms. The van der Waals surface area contributed by atoms with Gasteiger partial charge >= 0.3 is 0 Å². The van der Waals surface area contributed by atoms with Gasteiger partial charge in [0.1, 0.15) is 0 Å². The zero-order chi connectivity index (χ0) is 10.1. The Labute approximate surface area is 83.4 Å². The van der Waals surface area contributed by atoms with Crippen LogP contribution in [0, 0.1) is 17.8 Å². The van der Waals surface area contributed by atoms with Crippen LogP contribution < -0.4 is 10.6 Å². The van der Waals surface area contributed by atoms with Crippen molar-refractivity contribution in [1.29, 1.82) is 0 Å². The summed E-state index contributed by atoms with van der Waals surface area (Å²) in [5.41, 5.74) is 0. The van der Waals surface area contributed by atoms with Crippen molar-refractivity contribution in [3.05, 3.63) is 0 Å². The smallest absolute Gasteiger partial charge is 0.239 e. The second-order valence-electron chi connectivity index (χ2n) is 4.32. The number of hydrogen-bond acceptors (Lipinski definition) is 2. The molecular formula is C10H16N2O2. The maximum atomic E-state index is 11.5. The number of nitrogens with one attached hydrogen (secondary N) is 2. The van der Waals surface area contributed by atoms with E-state index in [0.29, 0.717) is 0 Å². The first-order chi connectivity index (χ1) is 6.70. The van der Waals surface area contributed by atoms with Gasteiger partial charge in [0, 0.05) is 13.0 Å². The van der Waals surface area contributed by atoms with Gasteiger partial charge in [0.15, 0.2) is 0 Å². The van der Waals surface area contributed by atoms with Crippen LogP contribution in [0.15, 0.2) is 0 Å². The molecule has 2 rings (SSSR count). The van der Waals surface area contributed by atoms with E-state index in [1.165, 1.54) is 6.42 Å². The fraction of sp³-hybridized carbons (Fsp3) is 0.800. The Morgan fingerprint density at radius 3 is 2.43 bits per heavy atom. The average Bonchev–Trinajstić information content (AvgIpc) is 2.81. The molecule has 4 nitrogen and oxygen atoms in total. The molecule has 0 radical (unpaired) electrons. The largest absolute Gasteiger partial charge is 0.358 e. The highest BCUT2D eigenvalue weighted by Gasteiger charge is 2.47. The molecule has 0 aliphatic heterocycles. The number of carbonyl (C=O) groups is 2. The highest BCUT2D eigenvalue weighted by atomic mass is 16.2. The summed E-state index contributed by atoms with van der Waals surface area (Å²) in [6.45, 7) is 0.112. The fourth-order valence-electron chi connectivity index (χ4n) is 2.33. The molecule has 2 unspecified atom stereocenters.